The number of rotatable bonds is 4. The maximum absolute atomic E-state index is 12.6. The molecule has 7 nitrogen and oxygen atoms in total. The van der Waals surface area contributed by atoms with E-state index >= 15 is 0 Å². The molecule has 0 radical (unpaired) electrons. The average molecular weight is 285 g/mol. The van der Waals surface area contributed by atoms with Gasteiger partial charge in [0.2, 0.25) is 10.0 Å². The van der Waals surface area contributed by atoms with Crippen molar-refractivity contribution in [3.05, 3.63) is 18.5 Å². The van der Waals surface area contributed by atoms with Gasteiger partial charge < -0.3 is 10.3 Å². The van der Waals surface area contributed by atoms with Crippen LogP contribution in [-0.2, 0) is 10.0 Å². The number of nitrogens with two attached hydrogens (primary N) is 1. The Morgan fingerprint density at radius 1 is 1.53 bits per heavy atom. The molecule has 0 spiro atoms. The van der Waals surface area contributed by atoms with Gasteiger partial charge in [0.1, 0.15) is 4.90 Å². The molecule has 3 N–H and O–H groups in total. The predicted octanol–water partition coefficient (Wildman–Crippen LogP) is -0.308. The van der Waals surface area contributed by atoms with Crippen molar-refractivity contribution in [2.24, 2.45) is 5.84 Å². The first-order valence-electron chi connectivity index (χ1n) is 6.04. The smallest absolute Gasteiger partial charge is 0.246 e. The molecule has 1 aliphatic rings. The van der Waals surface area contributed by atoms with Crippen molar-refractivity contribution >= 4 is 15.7 Å². The number of sulfonamides is 1. The SMILES string of the molecule is CN(C)C1CCN(S(=O)(=O)c2cnccc2NN)C1. The molecule has 0 aliphatic carbocycles. The fraction of sp³-hybridized carbons (Fsp3) is 0.545. The van der Waals surface area contributed by atoms with E-state index in [9.17, 15) is 8.42 Å². The van der Waals surface area contributed by atoms with Gasteiger partial charge in [0.15, 0.2) is 0 Å². The topological polar surface area (TPSA) is 91.6 Å². The van der Waals surface area contributed by atoms with Crippen LogP contribution in [0, 0.1) is 0 Å². The molecular formula is C11H19N5O2S. The quantitative estimate of drug-likeness (QED) is 0.582. The molecule has 1 atom stereocenters. The van der Waals surface area contributed by atoms with Gasteiger partial charge in [-0.25, -0.2) is 8.42 Å². The molecule has 1 unspecified atom stereocenters. The Hall–Kier alpha value is -1.22. The number of nitrogen functional groups attached to an aromatic ring is 1. The third kappa shape index (κ3) is 2.71. The second-order valence-corrected chi connectivity index (χ2v) is 6.69. The third-order valence-corrected chi connectivity index (χ3v) is 5.31. The molecular weight excluding hydrogens is 266 g/mol. The van der Waals surface area contributed by atoms with Gasteiger partial charge in [-0.05, 0) is 26.6 Å². The highest BCUT2D eigenvalue weighted by atomic mass is 32.2. The highest BCUT2D eigenvalue weighted by Gasteiger charge is 2.34. The molecule has 1 aliphatic heterocycles. The summed E-state index contributed by atoms with van der Waals surface area (Å²) in [4.78, 5) is 6.04. The van der Waals surface area contributed by atoms with E-state index in [1.54, 1.807) is 6.07 Å². The van der Waals surface area contributed by atoms with Crippen molar-refractivity contribution < 1.29 is 8.42 Å². The molecule has 0 aromatic carbocycles. The Morgan fingerprint density at radius 3 is 2.84 bits per heavy atom. The highest BCUT2D eigenvalue weighted by Crippen LogP contribution is 2.26. The lowest BCUT2D eigenvalue weighted by Gasteiger charge is -2.21. The van der Waals surface area contributed by atoms with Crippen LogP contribution >= 0.6 is 0 Å². The van der Waals surface area contributed by atoms with E-state index in [0.717, 1.165) is 6.42 Å². The normalized spacial score (nSPS) is 20.9. The number of nitrogens with zero attached hydrogens (tertiary/aromatic N) is 3. The van der Waals surface area contributed by atoms with Crippen LogP contribution in [0.5, 0.6) is 0 Å². The van der Waals surface area contributed by atoms with Crippen LogP contribution < -0.4 is 11.3 Å². The van der Waals surface area contributed by atoms with Crippen molar-refractivity contribution in [1.82, 2.24) is 14.2 Å². The van der Waals surface area contributed by atoms with Gasteiger partial charge in [0, 0.05) is 31.5 Å². The summed E-state index contributed by atoms with van der Waals surface area (Å²) < 4.78 is 26.6. The zero-order valence-electron chi connectivity index (χ0n) is 11.1. The van der Waals surface area contributed by atoms with E-state index in [-0.39, 0.29) is 10.9 Å². The molecule has 1 aromatic rings. The summed E-state index contributed by atoms with van der Waals surface area (Å²) in [6, 6.07) is 1.80. The highest BCUT2D eigenvalue weighted by molar-refractivity contribution is 7.89. The van der Waals surface area contributed by atoms with Crippen molar-refractivity contribution in [3.63, 3.8) is 0 Å². The van der Waals surface area contributed by atoms with Gasteiger partial charge >= 0.3 is 0 Å². The standard InChI is InChI=1S/C11H19N5O2S/c1-15(2)9-4-6-16(8-9)19(17,18)11-7-13-5-3-10(11)14-12/h3,5,7,9H,4,6,8,12H2,1-2H3,(H,13,14). The Balaban J connectivity index is 2.29. The zero-order valence-corrected chi connectivity index (χ0v) is 11.9. The predicted molar refractivity (Wildman–Crippen MR) is 72.9 cm³/mol. The first-order chi connectivity index (χ1) is 8.96. The fourth-order valence-corrected chi connectivity index (χ4v) is 3.79. The zero-order chi connectivity index (χ0) is 14.0. The van der Waals surface area contributed by atoms with Crippen molar-refractivity contribution in [2.45, 2.75) is 17.4 Å². The van der Waals surface area contributed by atoms with Crippen LogP contribution in [0.25, 0.3) is 0 Å². The lowest BCUT2D eigenvalue weighted by Crippen LogP contribution is -2.35. The molecule has 2 heterocycles. The number of aromatic nitrogens is 1. The van der Waals surface area contributed by atoms with E-state index in [1.807, 2.05) is 19.0 Å². The molecule has 19 heavy (non-hydrogen) atoms. The molecule has 1 fully saturated rings. The largest absolute Gasteiger partial charge is 0.323 e. The van der Waals surface area contributed by atoms with Crippen LogP contribution in [0.1, 0.15) is 6.42 Å². The lowest BCUT2D eigenvalue weighted by atomic mass is 10.2. The van der Waals surface area contributed by atoms with Crippen LogP contribution in [-0.4, -0.2) is 55.8 Å². The van der Waals surface area contributed by atoms with Gasteiger partial charge in [-0.1, -0.05) is 0 Å². The maximum atomic E-state index is 12.6. The van der Waals surface area contributed by atoms with Crippen LogP contribution in [0.3, 0.4) is 0 Å². The van der Waals surface area contributed by atoms with E-state index in [2.05, 4.69) is 10.4 Å². The van der Waals surface area contributed by atoms with Crippen molar-refractivity contribution in [3.8, 4) is 0 Å². The van der Waals surface area contributed by atoms with E-state index < -0.39 is 10.0 Å². The average Bonchev–Trinajstić information content (AvgIpc) is 2.89. The van der Waals surface area contributed by atoms with E-state index in [0.29, 0.717) is 18.8 Å². The fourth-order valence-electron chi connectivity index (χ4n) is 2.19. The molecule has 8 heteroatoms. The molecule has 0 saturated carbocycles. The van der Waals surface area contributed by atoms with Gasteiger partial charge in [-0.3, -0.25) is 10.8 Å². The minimum absolute atomic E-state index is 0.122. The lowest BCUT2D eigenvalue weighted by molar-refractivity contribution is 0.302. The summed E-state index contributed by atoms with van der Waals surface area (Å²) in [6.45, 7) is 1.01. The van der Waals surface area contributed by atoms with E-state index in [4.69, 9.17) is 5.84 Å². The van der Waals surface area contributed by atoms with Crippen molar-refractivity contribution in [2.75, 3.05) is 32.6 Å². The molecule has 1 saturated heterocycles. The number of nitrogens with one attached hydrogen (secondary N) is 1. The van der Waals surface area contributed by atoms with Gasteiger partial charge in [-0.15, -0.1) is 0 Å². The molecule has 106 valence electrons. The Bertz CT molecular complexity index is 546. The number of hydrogen-bond donors (Lipinski definition) is 2. The minimum Gasteiger partial charge on any atom is -0.323 e. The summed E-state index contributed by atoms with van der Waals surface area (Å²) in [6.07, 6.45) is 3.66. The summed E-state index contributed by atoms with van der Waals surface area (Å²) in [5.74, 6) is 5.35. The number of hydrogen-bond acceptors (Lipinski definition) is 6. The molecule has 2 rings (SSSR count). The van der Waals surface area contributed by atoms with Gasteiger partial charge in [0.25, 0.3) is 0 Å². The van der Waals surface area contributed by atoms with E-state index in [1.165, 1.54) is 16.7 Å². The number of pyridine rings is 1. The van der Waals surface area contributed by atoms with Gasteiger partial charge in [-0.2, -0.15) is 4.31 Å². The summed E-state index contributed by atoms with van der Waals surface area (Å²) in [7, 11) is 0.366. The molecule has 0 amide bonds. The monoisotopic (exact) mass is 285 g/mol. The summed E-state index contributed by atoms with van der Waals surface area (Å²) in [5.41, 5.74) is 2.77. The summed E-state index contributed by atoms with van der Waals surface area (Å²) >= 11 is 0. The Kier molecular flexibility index (Phi) is 4.04. The minimum atomic E-state index is -3.55. The van der Waals surface area contributed by atoms with Gasteiger partial charge in [0.05, 0.1) is 5.69 Å². The third-order valence-electron chi connectivity index (χ3n) is 3.41. The first kappa shape index (κ1) is 14.2. The number of anilines is 1. The molecule has 1 aromatic heterocycles. The Morgan fingerprint density at radius 2 is 2.26 bits per heavy atom. The molecule has 0 bridgehead atoms. The summed E-state index contributed by atoms with van der Waals surface area (Å²) in [5, 5.41) is 0. The van der Waals surface area contributed by atoms with Crippen molar-refractivity contribution in [1.29, 1.82) is 0 Å². The Labute approximate surface area is 113 Å². The first-order valence-corrected chi connectivity index (χ1v) is 7.48. The van der Waals surface area contributed by atoms with Crippen LogP contribution in [0.15, 0.2) is 23.4 Å². The van der Waals surface area contributed by atoms with Crippen LogP contribution in [0.2, 0.25) is 0 Å². The second kappa shape index (κ2) is 5.41. The number of likely N-dealkylation sites (N-methyl/N-ethyl adjacent to an activating group) is 1. The maximum Gasteiger partial charge on any atom is 0.246 e. The second-order valence-electron chi connectivity index (χ2n) is 4.79. The van der Waals surface area contributed by atoms with Crippen LogP contribution in [0.4, 0.5) is 5.69 Å². The number of hydrazine groups is 1.